The summed E-state index contributed by atoms with van der Waals surface area (Å²) in [7, 11) is 1.87. The van der Waals surface area contributed by atoms with Gasteiger partial charge in [-0.15, -0.1) is 10.2 Å². The third kappa shape index (κ3) is 5.52. The summed E-state index contributed by atoms with van der Waals surface area (Å²) < 4.78 is 7.88. The SMILES string of the molecule is Cc1ccc(OC(C)c2nnc(SCC(=O)Nc3ccc(Cl)cc3)n2C)cc1C. The van der Waals surface area contributed by atoms with Crippen LogP contribution in [0.4, 0.5) is 5.69 Å². The summed E-state index contributed by atoms with van der Waals surface area (Å²) in [6.45, 7) is 6.05. The van der Waals surface area contributed by atoms with Gasteiger partial charge in [0, 0.05) is 17.8 Å². The number of rotatable bonds is 7. The van der Waals surface area contributed by atoms with Gasteiger partial charge in [-0.25, -0.2) is 0 Å². The quantitative estimate of drug-likeness (QED) is 0.536. The zero-order valence-corrected chi connectivity index (χ0v) is 18.3. The summed E-state index contributed by atoms with van der Waals surface area (Å²) in [5.74, 6) is 1.59. The lowest BCUT2D eigenvalue weighted by Crippen LogP contribution is -2.14. The number of nitrogens with one attached hydrogen (secondary N) is 1. The van der Waals surface area contributed by atoms with E-state index in [4.69, 9.17) is 16.3 Å². The number of hydrogen-bond donors (Lipinski definition) is 1. The maximum atomic E-state index is 12.2. The highest BCUT2D eigenvalue weighted by Crippen LogP contribution is 2.25. The molecule has 0 aliphatic heterocycles. The Kier molecular flexibility index (Phi) is 6.82. The van der Waals surface area contributed by atoms with Crippen LogP contribution >= 0.6 is 23.4 Å². The molecule has 1 heterocycles. The third-order valence-corrected chi connectivity index (χ3v) is 5.76. The van der Waals surface area contributed by atoms with Crippen LogP contribution in [-0.4, -0.2) is 26.4 Å². The summed E-state index contributed by atoms with van der Waals surface area (Å²) in [6.07, 6.45) is -0.271. The minimum absolute atomic E-state index is 0.124. The fourth-order valence-corrected chi connectivity index (χ4v) is 3.55. The molecule has 3 rings (SSSR count). The highest BCUT2D eigenvalue weighted by molar-refractivity contribution is 7.99. The number of aryl methyl sites for hydroxylation is 2. The number of halogens is 1. The Labute approximate surface area is 179 Å². The van der Waals surface area contributed by atoms with Gasteiger partial charge < -0.3 is 14.6 Å². The van der Waals surface area contributed by atoms with E-state index < -0.39 is 0 Å². The number of aromatic nitrogens is 3. The molecule has 29 heavy (non-hydrogen) atoms. The second-order valence-electron chi connectivity index (χ2n) is 6.75. The Bertz CT molecular complexity index is 1000. The van der Waals surface area contributed by atoms with Crippen LogP contribution in [0.25, 0.3) is 0 Å². The smallest absolute Gasteiger partial charge is 0.234 e. The number of carbonyl (C=O) groups is 1. The lowest BCUT2D eigenvalue weighted by atomic mass is 10.1. The third-order valence-electron chi connectivity index (χ3n) is 4.48. The molecule has 152 valence electrons. The van der Waals surface area contributed by atoms with Gasteiger partial charge in [0.2, 0.25) is 5.91 Å². The molecule has 0 bridgehead atoms. The van der Waals surface area contributed by atoms with Gasteiger partial charge >= 0.3 is 0 Å². The van der Waals surface area contributed by atoms with E-state index in [-0.39, 0.29) is 17.8 Å². The molecule has 0 radical (unpaired) electrons. The van der Waals surface area contributed by atoms with Crippen molar-refractivity contribution in [3.8, 4) is 5.75 Å². The molecule has 1 atom stereocenters. The minimum Gasteiger partial charge on any atom is -0.483 e. The molecule has 1 N–H and O–H groups in total. The minimum atomic E-state index is -0.271. The molecule has 0 fully saturated rings. The van der Waals surface area contributed by atoms with Crippen LogP contribution < -0.4 is 10.1 Å². The van der Waals surface area contributed by atoms with Crippen molar-refractivity contribution in [1.82, 2.24) is 14.8 Å². The van der Waals surface area contributed by atoms with Crippen LogP contribution in [0.1, 0.15) is 30.0 Å². The number of carbonyl (C=O) groups excluding carboxylic acids is 1. The fraction of sp³-hybridized carbons (Fsp3) is 0.286. The number of nitrogens with zero attached hydrogens (tertiary/aromatic N) is 3. The fourth-order valence-electron chi connectivity index (χ4n) is 2.71. The molecule has 0 spiro atoms. The predicted octanol–water partition coefficient (Wildman–Crippen LogP) is 4.96. The first-order valence-electron chi connectivity index (χ1n) is 9.15. The standard InChI is InChI=1S/C21H23ClN4O2S/c1-13-5-10-18(11-14(13)2)28-15(3)20-24-25-21(26(20)4)29-12-19(27)23-17-8-6-16(22)7-9-17/h5-11,15H,12H2,1-4H3,(H,23,27). The largest absolute Gasteiger partial charge is 0.483 e. The molecule has 2 aromatic carbocycles. The highest BCUT2D eigenvalue weighted by atomic mass is 35.5. The average molecular weight is 431 g/mol. The van der Waals surface area contributed by atoms with Crippen LogP contribution in [0.5, 0.6) is 5.75 Å². The van der Waals surface area contributed by atoms with Gasteiger partial charge in [-0.1, -0.05) is 29.4 Å². The highest BCUT2D eigenvalue weighted by Gasteiger charge is 2.18. The normalized spacial score (nSPS) is 11.9. The zero-order valence-electron chi connectivity index (χ0n) is 16.8. The Morgan fingerprint density at radius 2 is 1.90 bits per heavy atom. The Morgan fingerprint density at radius 3 is 2.59 bits per heavy atom. The second-order valence-corrected chi connectivity index (χ2v) is 8.13. The molecule has 0 aliphatic rings. The molecule has 0 aliphatic carbocycles. The van der Waals surface area contributed by atoms with Crippen LogP contribution in [0.15, 0.2) is 47.6 Å². The van der Waals surface area contributed by atoms with E-state index in [0.29, 0.717) is 21.7 Å². The second kappa shape index (κ2) is 9.33. The molecule has 6 nitrogen and oxygen atoms in total. The summed E-state index contributed by atoms with van der Waals surface area (Å²) in [5, 5.41) is 12.6. The predicted molar refractivity (Wildman–Crippen MR) is 117 cm³/mol. The Morgan fingerprint density at radius 1 is 1.17 bits per heavy atom. The van der Waals surface area contributed by atoms with Crippen molar-refractivity contribution in [2.75, 3.05) is 11.1 Å². The van der Waals surface area contributed by atoms with Gasteiger partial charge in [-0.05, 0) is 68.3 Å². The molecule has 1 amide bonds. The summed E-state index contributed by atoms with van der Waals surface area (Å²) in [5.41, 5.74) is 3.10. The molecule has 0 saturated carbocycles. The van der Waals surface area contributed by atoms with Gasteiger partial charge in [0.15, 0.2) is 17.1 Å². The van der Waals surface area contributed by atoms with E-state index in [0.717, 1.165) is 5.75 Å². The Balaban J connectivity index is 1.58. The number of ether oxygens (including phenoxy) is 1. The summed E-state index contributed by atoms with van der Waals surface area (Å²) in [6, 6.07) is 13.0. The molecule has 3 aromatic rings. The van der Waals surface area contributed by atoms with Crippen molar-refractivity contribution in [2.24, 2.45) is 7.05 Å². The number of hydrogen-bond acceptors (Lipinski definition) is 5. The molecule has 8 heteroatoms. The van der Waals surface area contributed by atoms with Gasteiger partial charge in [0.1, 0.15) is 5.75 Å². The molecule has 1 unspecified atom stereocenters. The van der Waals surface area contributed by atoms with E-state index in [1.165, 1.54) is 22.9 Å². The van der Waals surface area contributed by atoms with Gasteiger partial charge in [0.05, 0.1) is 5.75 Å². The Hall–Kier alpha value is -2.51. The number of amides is 1. The van der Waals surface area contributed by atoms with Crippen LogP contribution in [0, 0.1) is 13.8 Å². The maximum absolute atomic E-state index is 12.2. The van der Waals surface area contributed by atoms with Crippen LogP contribution in [-0.2, 0) is 11.8 Å². The van der Waals surface area contributed by atoms with E-state index in [1.54, 1.807) is 24.3 Å². The van der Waals surface area contributed by atoms with Crippen molar-refractivity contribution < 1.29 is 9.53 Å². The van der Waals surface area contributed by atoms with Crippen molar-refractivity contribution in [2.45, 2.75) is 32.0 Å². The number of thioether (sulfide) groups is 1. The first kappa shape index (κ1) is 21.2. The van der Waals surface area contributed by atoms with Gasteiger partial charge in [-0.3, -0.25) is 4.79 Å². The van der Waals surface area contributed by atoms with Crippen LogP contribution in [0.3, 0.4) is 0 Å². The van der Waals surface area contributed by atoms with Crippen LogP contribution in [0.2, 0.25) is 5.02 Å². The lowest BCUT2D eigenvalue weighted by molar-refractivity contribution is -0.113. The molecular weight excluding hydrogens is 408 g/mol. The number of anilines is 1. The first-order chi connectivity index (χ1) is 13.8. The molecule has 1 aromatic heterocycles. The van der Waals surface area contributed by atoms with E-state index in [2.05, 4.69) is 29.4 Å². The lowest BCUT2D eigenvalue weighted by Gasteiger charge is -2.15. The average Bonchev–Trinajstić information content (AvgIpc) is 3.05. The first-order valence-corrected chi connectivity index (χ1v) is 10.5. The summed E-state index contributed by atoms with van der Waals surface area (Å²) >= 11 is 7.18. The number of benzene rings is 2. The zero-order chi connectivity index (χ0) is 21.0. The maximum Gasteiger partial charge on any atom is 0.234 e. The molecular formula is C21H23ClN4O2S. The van der Waals surface area contributed by atoms with Crippen molar-refractivity contribution in [3.05, 3.63) is 64.4 Å². The van der Waals surface area contributed by atoms with Crippen molar-refractivity contribution in [3.63, 3.8) is 0 Å². The van der Waals surface area contributed by atoms with Crippen molar-refractivity contribution in [1.29, 1.82) is 0 Å². The van der Waals surface area contributed by atoms with Gasteiger partial charge in [-0.2, -0.15) is 0 Å². The topological polar surface area (TPSA) is 69.0 Å². The van der Waals surface area contributed by atoms with E-state index >= 15 is 0 Å². The summed E-state index contributed by atoms with van der Waals surface area (Å²) in [4.78, 5) is 12.2. The monoisotopic (exact) mass is 430 g/mol. The molecule has 0 saturated heterocycles. The van der Waals surface area contributed by atoms with Gasteiger partial charge in [0.25, 0.3) is 0 Å². The van der Waals surface area contributed by atoms with E-state index in [9.17, 15) is 4.79 Å². The van der Waals surface area contributed by atoms with E-state index in [1.807, 2.05) is 36.7 Å². The van der Waals surface area contributed by atoms with Crippen molar-refractivity contribution >= 4 is 35.0 Å².